The second-order valence-electron chi connectivity index (χ2n) is 6.20. The Hall–Kier alpha value is -2.30. The van der Waals surface area contributed by atoms with Crippen molar-refractivity contribution in [3.8, 4) is 5.75 Å². The predicted molar refractivity (Wildman–Crippen MR) is 90.9 cm³/mol. The molecule has 1 unspecified atom stereocenters. The van der Waals surface area contributed by atoms with E-state index in [4.69, 9.17) is 9.26 Å². The van der Waals surface area contributed by atoms with Gasteiger partial charge < -0.3 is 14.2 Å². The maximum absolute atomic E-state index is 12.8. The molecule has 0 spiro atoms. The molecular formula is C19H24N2O3. The lowest BCUT2D eigenvalue weighted by Gasteiger charge is -2.23. The molecule has 2 aromatic rings. The van der Waals surface area contributed by atoms with Crippen LogP contribution in [0.3, 0.4) is 0 Å². The van der Waals surface area contributed by atoms with E-state index in [1.807, 2.05) is 35.2 Å². The highest BCUT2D eigenvalue weighted by Crippen LogP contribution is 2.32. The van der Waals surface area contributed by atoms with E-state index in [9.17, 15) is 4.79 Å². The maximum atomic E-state index is 12.8. The quantitative estimate of drug-likeness (QED) is 0.814. The molecule has 5 heteroatoms. The van der Waals surface area contributed by atoms with E-state index in [2.05, 4.69) is 12.1 Å². The monoisotopic (exact) mass is 328 g/mol. The number of hydrogen-bond donors (Lipinski definition) is 0. The van der Waals surface area contributed by atoms with Gasteiger partial charge in [0.25, 0.3) is 0 Å². The first-order valence-corrected chi connectivity index (χ1v) is 8.59. The van der Waals surface area contributed by atoms with Gasteiger partial charge in [0.15, 0.2) is 0 Å². The van der Waals surface area contributed by atoms with Gasteiger partial charge in [0.1, 0.15) is 17.2 Å². The van der Waals surface area contributed by atoms with Crippen LogP contribution in [0.4, 0.5) is 0 Å². The van der Waals surface area contributed by atoms with Crippen LogP contribution in [-0.2, 0) is 17.6 Å². The van der Waals surface area contributed by atoms with Crippen LogP contribution in [0.15, 0.2) is 34.9 Å². The molecule has 0 N–H and O–H groups in total. The number of methoxy groups -OCH3 is 1. The first kappa shape index (κ1) is 16.6. The number of para-hydroxylation sites is 1. The number of carbonyl (C=O) groups is 1. The van der Waals surface area contributed by atoms with E-state index >= 15 is 0 Å². The molecule has 1 aliphatic heterocycles. The van der Waals surface area contributed by atoms with Crippen molar-refractivity contribution in [2.45, 2.75) is 45.1 Å². The number of nitrogens with zero attached hydrogens (tertiary/aromatic N) is 2. The number of ether oxygens (including phenoxy) is 1. The van der Waals surface area contributed by atoms with Crippen molar-refractivity contribution in [2.75, 3.05) is 13.7 Å². The molecule has 3 rings (SSSR count). The fraction of sp³-hybridized carbons (Fsp3) is 0.474. The van der Waals surface area contributed by atoms with E-state index in [1.165, 1.54) is 0 Å². The summed E-state index contributed by atoms with van der Waals surface area (Å²) < 4.78 is 10.7. The van der Waals surface area contributed by atoms with Crippen LogP contribution in [0.25, 0.3) is 0 Å². The lowest BCUT2D eigenvalue weighted by Crippen LogP contribution is -2.32. The smallest absolute Gasteiger partial charge is 0.227 e. The molecule has 128 valence electrons. The maximum Gasteiger partial charge on any atom is 0.227 e. The van der Waals surface area contributed by atoms with Crippen LogP contribution in [-0.4, -0.2) is 29.6 Å². The Balaban J connectivity index is 1.73. The highest BCUT2D eigenvalue weighted by Gasteiger charge is 2.32. The zero-order valence-corrected chi connectivity index (χ0v) is 14.3. The Morgan fingerprint density at radius 1 is 1.42 bits per heavy atom. The highest BCUT2D eigenvalue weighted by atomic mass is 16.5. The molecule has 1 fully saturated rings. The van der Waals surface area contributed by atoms with Crippen LogP contribution in [0.5, 0.6) is 5.75 Å². The van der Waals surface area contributed by atoms with Crippen molar-refractivity contribution in [3.05, 3.63) is 47.3 Å². The van der Waals surface area contributed by atoms with Crippen LogP contribution in [0.2, 0.25) is 0 Å². The first-order chi connectivity index (χ1) is 11.7. The summed E-state index contributed by atoms with van der Waals surface area (Å²) in [4.78, 5) is 14.7. The molecule has 1 aliphatic rings. The van der Waals surface area contributed by atoms with Gasteiger partial charge in [0.05, 0.1) is 19.6 Å². The Labute approximate surface area is 142 Å². The Kier molecular flexibility index (Phi) is 5.18. The summed E-state index contributed by atoms with van der Waals surface area (Å²) in [7, 11) is 1.63. The third-order valence-corrected chi connectivity index (χ3v) is 4.52. The molecule has 1 amide bonds. The summed E-state index contributed by atoms with van der Waals surface area (Å²) in [6.07, 6.45) is 4.19. The third-order valence-electron chi connectivity index (χ3n) is 4.52. The number of rotatable bonds is 6. The summed E-state index contributed by atoms with van der Waals surface area (Å²) in [6, 6.07) is 9.71. The van der Waals surface area contributed by atoms with Crippen molar-refractivity contribution in [1.29, 1.82) is 0 Å². The van der Waals surface area contributed by atoms with Gasteiger partial charge in [0, 0.05) is 24.6 Å². The topological polar surface area (TPSA) is 55.6 Å². The number of aryl methyl sites for hydroxylation is 1. The highest BCUT2D eigenvalue weighted by molar-refractivity contribution is 5.80. The molecular weight excluding hydrogens is 304 g/mol. The van der Waals surface area contributed by atoms with E-state index < -0.39 is 0 Å². The second kappa shape index (κ2) is 7.51. The number of carbonyl (C=O) groups excluding carboxylic acids is 1. The molecule has 0 aliphatic carbocycles. The van der Waals surface area contributed by atoms with Gasteiger partial charge in [-0.25, -0.2) is 0 Å². The van der Waals surface area contributed by atoms with Crippen molar-refractivity contribution in [1.82, 2.24) is 10.1 Å². The standard InChI is InChI=1S/C19H24N2O3/c1-3-7-15-13-16(20-24-15)17-9-6-11-21(17)19(22)12-14-8-4-5-10-18(14)23-2/h4-5,8,10,13,17H,3,6-7,9,11-12H2,1-2H3. The molecule has 24 heavy (non-hydrogen) atoms. The van der Waals surface area contributed by atoms with Crippen LogP contribution < -0.4 is 4.74 Å². The molecule has 1 saturated heterocycles. The van der Waals surface area contributed by atoms with Gasteiger partial charge in [-0.1, -0.05) is 30.3 Å². The van der Waals surface area contributed by atoms with Crippen LogP contribution in [0, 0.1) is 0 Å². The summed E-state index contributed by atoms with van der Waals surface area (Å²) in [5.41, 5.74) is 1.80. The van der Waals surface area contributed by atoms with E-state index in [1.54, 1.807) is 7.11 Å². The molecule has 1 aromatic heterocycles. The van der Waals surface area contributed by atoms with Crippen molar-refractivity contribution >= 4 is 5.91 Å². The lowest BCUT2D eigenvalue weighted by molar-refractivity contribution is -0.131. The van der Waals surface area contributed by atoms with Gasteiger partial charge in [-0.05, 0) is 25.3 Å². The zero-order chi connectivity index (χ0) is 16.9. The fourth-order valence-electron chi connectivity index (χ4n) is 3.34. The minimum Gasteiger partial charge on any atom is -0.496 e. The Morgan fingerprint density at radius 3 is 3.04 bits per heavy atom. The molecule has 0 saturated carbocycles. The van der Waals surface area contributed by atoms with Crippen LogP contribution in [0.1, 0.15) is 49.2 Å². The van der Waals surface area contributed by atoms with Crippen molar-refractivity contribution in [2.24, 2.45) is 0 Å². The lowest BCUT2D eigenvalue weighted by atomic mass is 10.1. The normalized spacial score (nSPS) is 17.2. The number of amides is 1. The van der Waals surface area contributed by atoms with Gasteiger partial charge in [0.2, 0.25) is 5.91 Å². The molecule has 0 radical (unpaired) electrons. The summed E-state index contributed by atoms with van der Waals surface area (Å²) in [5, 5.41) is 4.20. The SMILES string of the molecule is CCCc1cc(C2CCCN2C(=O)Cc2ccccc2OC)no1. The number of benzene rings is 1. The zero-order valence-electron chi connectivity index (χ0n) is 14.3. The molecule has 0 bridgehead atoms. The predicted octanol–water partition coefficient (Wildman–Crippen LogP) is 3.54. The van der Waals surface area contributed by atoms with Gasteiger partial charge >= 0.3 is 0 Å². The van der Waals surface area contributed by atoms with E-state index in [0.717, 1.165) is 55.0 Å². The second-order valence-corrected chi connectivity index (χ2v) is 6.20. The minimum absolute atomic E-state index is 0.0292. The Morgan fingerprint density at radius 2 is 2.25 bits per heavy atom. The molecule has 1 atom stereocenters. The number of likely N-dealkylation sites (tertiary alicyclic amines) is 1. The fourth-order valence-corrected chi connectivity index (χ4v) is 3.34. The largest absolute Gasteiger partial charge is 0.496 e. The number of hydrogen-bond acceptors (Lipinski definition) is 4. The van der Waals surface area contributed by atoms with E-state index in [-0.39, 0.29) is 11.9 Å². The average molecular weight is 328 g/mol. The van der Waals surface area contributed by atoms with Gasteiger partial charge in [-0.2, -0.15) is 0 Å². The first-order valence-electron chi connectivity index (χ1n) is 8.59. The minimum atomic E-state index is 0.0292. The van der Waals surface area contributed by atoms with Gasteiger partial charge in [-0.3, -0.25) is 4.79 Å². The summed E-state index contributed by atoms with van der Waals surface area (Å²) in [5.74, 6) is 1.77. The number of aromatic nitrogens is 1. The van der Waals surface area contributed by atoms with Gasteiger partial charge in [-0.15, -0.1) is 0 Å². The van der Waals surface area contributed by atoms with Crippen LogP contribution >= 0.6 is 0 Å². The third kappa shape index (κ3) is 3.45. The summed E-state index contributed by atoms with van der Waals surface area (Å²) >= 11 is 0. The van der Waals surface area contributed by atoms with Crippen molar-refractivity contribution in [3.63, 3.8) is 0 Å². The Bertz CT molecular complexity index is 695. The summed E-state index contributed by atoms with van der Waals surface area (Å²) in [6.45, 7) is 2.88. The van der Waals surface area contributed by atoms with Crippen molar-refractivity contribution < 1.29 is 14.1 Å². The molecule has 2 heterocycles. The molecule has 1 aromatic carbocycles. The van der Waals surface area contributed by atoms with E-state index in [0.29, 0.717) is 6.42 Å². The molecule has 5 nitrogen and oxygen atoms in total. The average Bonchev–Trinajstić information content (AvgIpc) is 3.24.